The molecule has 20 heavy (non-hydrogen) atoms. The highest BCUT2D eigenvalue weighted by Crippen LogP contribution is 2.18. The Bertz CT molecular complexity index is 612. The van der Waals surface area contributed by atoms with Gasteiger partial charge >= 0.3 is 0 Å². The standard InChI is InChI=1S/C15H19N3O2/c1-10-6-5-7-11(8-10)13-17-12(18-20-13)9-16-14(19)15(2,3)4/h5-8H,9H2,1-4H3,(H,16,19). The first-order chi connectivity index (χ1) is 9.36. The Labute approximate surface area is 118 Å². The molecule has 0 aliphatic carbocycles. The summed E-state index contributed by atoms with van der Waals surface area (Å²) in [5.74, 6) is 0.896. The molecule has 5 nitrogen and oxygen atoms in total. The van der Waals surface area contributed by atoms with Crippen LogP contribution < -0.4 is 5.32 Å². The Morgan fingerprint density at radius 3 is 2.75 bits per heavy atom. The number of nitrogens with one attached hydrogen (secondary N) is 1. The Hall–Kier alpha value is -2.17. The van der Waals surface area contributed by atoms with Crippen molar-refractivity contribution in [2.75, 3.05) is 0 Å². The largest absolute Gasteiger partial charge is 0.348 e. The fourth-order valence-electron chi connectivity index (χ4n) is 1.65. The van der Waals surface area contributed by atoms with Crippen molar-refractivity contribution in [1.82, 2.24) is 15.5 Å². The minimum Gasteiger partial charge on any atom is -0.348 e. The van der Waals surface area contributed by atoms with E-state index in [9.17, 15) is 4.79 Å². The van der Waals surface area contributed by atoms with E-state index in [-0.39, 0.29) is 12.5 Å². The van der Waals surface area contributed by atoms with Gasteiger partial charge in [-0.25, -0.2) is 0 Å². The number of hydrogen-bond donors (Lipinski definition) is 1. The molecule has 2 aromatic rings. The number of carbonyl (C=O) groups excluding carboxylic acids is 1. The zero-order valence-electron chi connectivity index (χ0n) is 12.2. The average Bonchev–Trinajstić information content (AvgIpc) is 2.83. The number of hydrogen-bond acceptors (Lipinski definition) is 4. The highest BCUT2D eigenvalue weighted by atomic mass is 16.5. The summed E-state index contributed by atoms with van der Waals surface area (Å²) in [6.45, 7) is 7.85. The van der Waals surface area contributed by atoms with Gasteiger partial charge in [0.25, 0.3) is 5.89 Å². The Morgan fingerprint density at radius 1 is 1.35 bits per heavy atom. The van der Waals surface area contributed by atoms with Crippen molar-refractivity contribution in [3.8, 4) is 11.5 Å². The lowest BCUT2D eigenvalue weighted by Crippen LogP contribution is -2.34. The zero-order chi connectivity index (χ0) is 14.8. The Morgan fingerprint density at radius 2 is 2.10 bits per heavy atom. The maximum Gasteiger partial charge on any atom is 0.257 e. The summed E-state index contributed by atoms with van der Waals surface area (Å²) < 4.78 is 5.21. The van der Waals surface area contributed by atoms with E-state index in [2.05, 4.69) is 15.5 Å². The van der Waals surface area contributed by atoms with Gasteiger partial charge in [-0.2, -0.15) is 4.98 Å². The molecule has 0 fully saturated rings. The molecule has 0 saturated carbocycles. The molecular formula is C15H19N3O2. The lowest BCUT2D eigenvalue weighted by molar-refractivity contribution is -0.128. The topological polar surface area (TPSA) is 68.0 Å². The van der Waals surface area contributed by atoms with E-state index in [1.165, 1.54) is 0 Å². The van der Waals surface area contributed by atoms with E-state index < -0.39 is 5.41 Å². The van der Waals surface area contributed by atoms with Crippen molar-refractivity contribution in [3.05, 3.63) is 35.7 Å². The van der Waals surface area contributed by atoms with Crippen LogP contribution in [0.2, 0.25) is 0 Å². The molecule has 0 spiro atoms. The van der Waals surface area contributed by atoms with E-state index in [0.29, 0.717) is 11.7 Å². The number of aryl methyl sites for hydroxylation is 1. The molecule has 1 heterocycles. The fourth-order valence-corrected chi connectivity index (χ4v) is 1.65. The predicted molar refractivity (Wildman–Crippen MR) is 75.8 cm³/mol. The molecule has 1 N–H and O–H groups in total. The van der Waals surface area contributed by atoms with Crippen LogP contribution in [0.15, 0.2) is 28.8 Å². The van der Waals surface area contributed by atoms with Crippen LogP contribution in [0, 0.1) is 12.3 Å². The summed E-state index contributed by atoms with van der Waals surface area (Å²) in [6.07, 6.45) is 0. The quantitative estimate of drug-likeness (QED) is 0.933. The molecule has 1 aromatic heterocycles. The van der Waals surface area contributed by atoms with E-state index >= 15 is 0 Å². The van der Waals surface area contributed by atoms with Crippen LogP contribution in [0.4, 0.5) is 0 Å². The number of benzene rings is 1. The van der Waals surface area contributed by atoms with Gasteiger partial charge in [0.05, 0.1) is 6.54 Å². The summed E-state index contributed by atoms with van der Waals surface area (Å²) in [6, 6.07) is 7.84. The van der Waals surface area contributed by atoms with Crippen molar-refractivity contribution >= 4 is 5.91 Å². The number of nitrogens with zero attached hydrogens (tertiary/aromatic N) is 2. The molecular weight excluding hydrogens is 254 g/mol. The normalized spacial score (nSPS) is 11.4. The third-order valence-corrected chi connectivity index (χ3v) is 2.82. The molecule has 5 heteroatoms. The lowest BCUT2D eigenvalue weighted by Gasteiger charge is -2.16. The first-order valence-corrected chi connectivity index (χ1v) is 6.54. The van der Waals surface area contributed by atoms with E-state index in [0.717, 1.165) is 11.1 Å². The molecule has 1 amide bonds. The second-order valence-electron chi connectivity index (χ2n) is 5.82. The van der Waals surface area contributed by atoms with Crippen molar-refractivity contribution < 1.29 is 9.32 Å². The van der Waals surface area contributed by atoms with Crippen molar-refractivity contribution in [2.24, 2.45) is 5.41 Å². The molecule has 106 valence electrons. The third-order valence-electron chi connectivity index (χ3n) is 2.82. The van der Waals surface area contributed by atoms with Gasteiger partial charge in [0.2, 0.25) is 5.91 Å². The van der Waals surface area contributed by atoms with E-state index in [1.54, 1.807) is 0 Å². The highest BCUT2D eigenvalue weighted by molar-refractivity contribution is 5.81. The van der Waals surface area contributed by atoms with Crippen LogP contribution in [0.5, 0.6) is 0 Å². The zero-order valence-corrected chi connectivity index (χ0v) is 12.2. The van der Waals surface area contributed by atoms with Gasteiger partial charge in [-0.3, -0.25) is 4.79 Å². The lowest BCUT2D eigenvalue weighted by atomic mass is 9.96. The molecule has 2 rings (SSSR count). The minimum absolute atomic E-state index is 0.0422. The SMILES string of the molecule is Cc1cccc(-c2nc(CNC(=O)C(C)(C)C)no2)c1. The van der Waals surface area contributed by atoms with Gasteiger partial charge in [0.15, 0.2) is 5.82 Å². The monoisotopic (exact) mass is 273 g/mol. The van der Waals surface area contributed by atoms with Gasteiger partial charge in [-0.15, -0.1) is 0 Å². The minimum atomic E-state index is -0.427. The first-order valence-electron chi connectivity index (χ1n) is 6.54. The number of amides is 1. The highest BCUT2D eigenvalue weighted by Gasteiger charge is 2.21. The first kappa shape index (κ1) is 14.2. The van der Waals surface area contributed by atoms with Crippen molar-refractivity contribution in [3.63, 3.8) is 0 Å². The summed E-state index contributed by atoms with van der Waals surface area (Å²) >= 11 is 0. The van der Waals surface area contributed by atoms with Crippen LogP contribution in [-0.2, 0) is 11.3 Å². The molecule has 0 saturated heterocycles. The van der Waals surface area contributed by atoms with E-state index in [1.807, 2.05) is 52.0 Å². The van der Waals surface area contributed by atoms with E-state index in [4.69, 9.17) is 4.52 Å². The fraction of sp³-hybridized carbons (Fsp3) is 0.400. The third kappa shape index (κ3) is 3.44. The predicted octanol–water partition coefficient (Wildman–Crippen LogP) is 2.71. The molecule has 0 aliphatic heterocycles. The molecule has 0 radical (unpaired) electrons. The number of carbonyl (C=O) groups is 1. The molecule has 0 aliphatic rings. The van der Waals surface area contributed by atoms with Crippen LogP contribution in [0.25, 0.3) is 11.5 Å². The van der Waals surface area contributed by atoms with Gasteiger partial charge in [0, 0.05) is 11.0 Å². The van der Waals surface area contributed by atoms with Crippen LogP contribution in [0.1, 0.15) is 32.2 Å². The smallest absolute Gasteiger partial charge is 0.257 e. The van der Waals surface area contributed by atoms with Crippen molar-refractivity contribution in [1.29, 1.82) is 0 Å². The molecule has 1 aromatic carbocycles. The summed E-state index contributed by atoms with van der Waals surface area (Å²) in [5, 5.41) is 6.67. The second-order valence-corrected chi connectivity index (χ2v) is 5.82. The molecule has 0 atom stereocenters. The maximum atomic E-state index is 11.8. The van der Waals surface area contributed by atoms with Crippen molar-refractivity contribution in [2.45, 2.75) is 34.2 Å². The molecule has 0 unspecified atom stereocenters. The maximum absolute atomic E-state index is 11.8. The average molecular weight is 273 g/mol. The van der Waals surface area contributed by atoms with Crippen LogP contribution >= 0.6 is 0 Å². The number of aromatic nitrogens is 2. The van der Waals surface area contributed by atoms with Gasteiger partial charge < -0.3 is 9.84 Å². The van der Waals surface area contributed by atoms with Gasteiger partial charge in [-0.05, 0) is 19.1 Å². The summed E-state index contributed by atoms with van der Waals surface area (Å²) in [7, 11) is 0. The molecule has 0 bridgehead atoms. The van der Waals surface area contributed by atoms with Gasteiger partial charge in [-0.1, -0.05) is 43.6 Å². The van der Waals surface area contributed by atoms with Crippen LogP contribution in [0.3, 0.4) is 0 Å². The second kappa shape index (κ2) is 5.45. The summed E-state index contributed by atoms with van der Waals surface area (Å²) in [4.78, 5) is 16.0. The Balaban J connectivity index is 2.05. The Kier molecular flexibility index (Phi) is 3.88. The van der Waals surface area contributed by atoms with Gasteiger partial charge in [0.1, 0.15) is 0 Å². The number of rotatable bonds is 3. The van der Waals surface area contributed by atoms with Crippen LogP contribution in [-0.4, -0.2) is 16.0 Å². The summed E-state index contributed by atoms with van der Waals surface area (Å²) in [5.41, 5.74) is 1.58.